The molecule has 26 heavy (non-hydrogen) atoms. The first-order valence-corrected chi connectivity index (χ1v) is 9.70. The quantitative estimate of drug-likeness (QED) is 0.712. The summed E-state index contributed by atoms with van der Waals surface area (Å²) in [6, 6.07) is 18.0. The second kappa shape index (κ2) is 7.33. The molecule has 1 aliphatic heterocycles. The van der Waals surface area contributed by atoms with Crippen molar-refractivity contribution in [2.45, 2.75) is 13.0 Å². The first kappa shape index (κ1) is 16.8. The van der Waals surface area contributed by atoms with E-state index in [1.807, 2.05) is 47.4 Å². The molecule has 0 unspecified atom stereocenters. The summed E-state index contributed by atoms with van der Waals surface area (Å²) in [5, 5.41) is 0. The van der Waals surface area contributed by atoms with E-state index in [0.29, 0.717) is 13.0 Å². The standard InChI is InChI=1S/C20H21N3O2S/c24-19(10-11-23-17-8-4-5-9-18(17)26-20(23)25)22-14-12-21(13-15-22)16-6-2-1-3-7-16/h1-9H,10-15H2. The van der Waals surface area contributed by atoms with Crippen molar-refractivity contribution in [2.75, 3.05) is 31.1 Å². The van der Waals surface area contributed by atoms with Crippen LogP contribution in [-0.4, -0.2) is 41.6 Å². The molecule has 0 spiro atoms. The average Bonchev–Trinajstić information content (AvgIpc) is 3.02. The van der Waals surface area contributed by atoms with Gasteiger partial charge in [0.25, 0.3) is 0 Å². The first-order valence-electron chi connectivity index (χ1n) is 8.88. The molecule has 1 aromatic heterocycles. The molecule has 1 amide bonds. The minimum atomic E-state index is 0.00731. The maximum atomic E-state index is 12.6. The van der Waals surface area contributed by atoms with Crippen molar-refractivity contribution < 1.29 is 4.79 Å². The molecule has 2 aromatic carbocycles. The van der Waals surface area contributed by atoms with Crippen molar-refractivity contribution in [1.29, 1.82) is 0 Å². The molecule has 0 saturated carbocycles. The number of aromatic nitrogens is 1. The number of carbonyl (C=O) groups is 1. The molecule has 1 saturated heterocycles. The Hall–Kier alpha value is -2.60. The normalized spacial score (nSPS) is 14.8. The SMILES string of the molecule is O=C(CCn1c(=O)sc2ccccc21)N1CCN(c2ccccc2)CC1. The third-order valence-corrected chi connectivity index (χ3v) is 5.84. The lowest BCUT2D eigenvalue weighted by atomic mass is 10.2. The van der Waals surface area contributed by atoms with Crippen LogP contribution in [0.2, 0.25) is 0 Å². The van der Waals surface area contributed by atoms with Gasteiger partial charge in [-0.2, -0.15) is 0 Å². The molecule has 0 bridgehead atoms. The highest BCUT2D eigenvalue weighted by Crippen LogP contribution is 2.18. The molecule has 134 valence electrons. The van der Waals surface area contributed by atoms with E-state index < -0.39 is 0 Å². The number of aryl methyl sites for hydroxylation is 1. The maximum Gasteiger partial charge on any atom is 0.308 e. The lowest BCUT2D eigenvalue weighted by molar-refractivity contribution is -0.131. The molecule has 0 radical (unpaired) electrons. The van der Waals surface area contributed by atoms with Gasteiger partial charge in [0.2, 0.25) is 5.91 Å². The second-order valence-electron chi connectivity index (χ2n) is 6.44. The summed E-state index contributed by atoms with van der Waals surface area (Å²) in [7, 11) is 0. The lowest BCUT2D eigenvalue weighted by Crippen LogP contribution is -2.49. The van der Waals surface area contributed by atoms with Gasteiger partial charge in [0.15, 0.2) is 0 Å². The number of amides is 1. The third-order valence-electron chi connectivity index (χ3n) is 4.88. The van der Waals surface area contributed by atoms with E-state index in [2.05, 4.69) is 17.0 Å². The number of fused-ring (bicyclic) bond motifs is 1. The Kier molecular flexibility index (Phi) is 4.75. The van der Waals surface area contributed by atoms with E-state index in [4.69, 9.17) is 0 Å². The van der Waals surface area contributed by atoms with Crippen LogP contribution in [0.3, 0.4) is 0 Å². The van der Waals surface area contributed by atoms with Gasteiger partial charge in [-0.25, -0.2) is 0 Å². The van der Waals surface area contributed by atoms with Crippen molar-refractivity contribution in [2.24, 2.45) is 0 Å². The van der Waals surface area contributed by atoms with Crippen LogP contribution in [0.25, 0.3) is 10.2 Å². The van der Waals surface area contributed by atoms with Gasteiger partial charge < -0.3 is 9.80 Å². The number of piperazine rings is 1. The largest absolute Gasteiger partial charge is 0.368 e. The Balaban J connectivity index is 1.36. The van der Waals surface area contributed by atoms with Gasteiger partial charge >= 0.3 is 4.87 Å². The summed E-state index contributed by atoms with van der Waals surface area (Å²) < 4.78 is 2.69. The number of hydrogen-bond acceptors (Lipinski definition) is 4. The van der Waals surface area contributed by atoms with E-state index in [1.165, 1.54) is 17.0 Å². The van der Waals surface area contributed by atoms with Crippen LogP contribution in [0.1, 0.15) is 6.42 Å². The van der Waals surface area contributed by atoms with Gasteiger partial charge in [-0.05, 0) is 24.3 Å². The number of para-hydroxylation sites is 2. The summed E-state index contributed by atoms with van der Waals surface area (Å²) in [5.41, 5.74) is 2.13. The molecule has 6 heteroatoms. The Morgan fingerprint density at radius 3 is 2.38 bits per heavy atom. The number of anilines is 1. The Bertz CT molecular complexity index is 956. The predicted octanol–water partition coefficient (Wildman–Crippen LogP) is 2.80. The average molecular weight is 367 g/mol. The lowest BCUT2D eigenvalue weighted by Gasteiger charge is -2.36. The van der Waals surface area contributed by atoms with Crippen molar-refractivity contribution in [3.8, 4) is 0 Å². The zero-order chi connectivity index (χ0) is 17.9. The summed E-state index contributed by atoms with van der Waals surface area (Å²) in [4.78, 5) is 29.0. The van der Waals surface area contributed by atoms with Gasteiger partial charge in [0.05, 0.1) is 10.2 Å². The van der Waals surface area contributed by atoms with Gasteiger partial charge in [-0.15, -0.1) is 0 Å². The molecule has 5 nitrogen and oxygen atoms in total. The zero-order valence-corrected chi connectivity index (χ0v) is 15.3. The molecule has 1 aliphatic rings. The minimum absolute atomic E-state index is 0.00731. The first-order chi connectivity index (χ1) is 12.7. The fraction of sp³-hybridized carbons (Fsp3) is 0.300. The predicted molar refractivity (Wildman–Crippen MR) is 106 cm³/mol. The third kappa shape index (κ3) is 3.37. The van der Waals surface area contributed by atoms with Crippen LogP contribution < -0.4 is 9.77 Å². The zero-order valence-electron chi connectivity index (χ0n) is 14.5. The Labute approximate surface area is 156 Å². The second-order valence-corrected chi connectivity index (χ2v) is 7.43. The fourth-order valence-corrected chi connectivity index (χ4v) is 4.36. The summed E-state index contributed by atoms with van der Waals surface area (Å²) in [5.74, 6) is 0.125. The van der Waals surface area contributed by atoms with Gasteiger partial charge in [0.1, 0.15) is 0 Å². The van der Waals surface area contributed by atoms with Crippen molar-refractivity contribution in [3.63, 3.8) is 0 Å². The number of rotatable bonds is 4. The smallest absolute Gasteiger partial charge is 0.308 e. The van der Waals surface area contributed by atoms with Gasteiger partial charge in [-0.3, -0.25) is 14.2 Å². The topological polar surface area (TPSA) is 45.6 Å². The van der Waals surface area contributed by atoms with E-state index in [0.717, 1.165) is 36.4 Å². The molecule has 0 aliphatic carbocycles. The molecule has 4 rings (SSSR count). The van der Waals surface area contributed by atoms with E-state index in [-0.39, 0.29) is 10.8 Å². The molecule has 0 N–H and O–H groups in total. The van der Waals surface area contributed by atoms with Crippen LogP contribution >= 0.6 is 11.3 Å². The number of thiazole rings is 1. The Morgan fingerprint density at radius 2 is 1.62 bits per heavy atom. The van der Waals surface area contributed by atoms with Crippen LogP contribution in [0.5, 0.6) is 0 Å². The monoisotopic (exact) mass is 367 g/mol. The molecule has 2 heterocycles. The molecule has 0 atom stereocenters. The highest BCUT2D eigenvalue weighted by molar-refractivity contribution is 7.16. The highest BCUT2D eigenvalue weighted by atomic mass is 32.1. The van der Waals surface area contributed by atoms with E-state index >= 15 is 0 Å². The van der Waals surface area contributed by atoms with E-state index in [9.17, 15) is 9.59 Å². The molecule has 1 fully saturated rings. The van der Waals surface area contributed by atoms with Crippen LogP contribution in [0.4, 0.5) is 5.69 Å². The number of carbonyl (C=O) groups excluding carboxylic acids is 1. The molecule has 3 aromatic rings. The van der Waals surface area contributed by atoms with Crippen molar-refractivity contribution >= 4 is 33.1 Å². The number of hydrogen-bond donors (Lipinski definition) is 0. The van der Waals surface area contributed by atoms with Crippen LogP contribution in [0, 0.1) is 0 Å². The fourth-order valence-electron chi connectivity index (χ4n) is 3.44. The number of nitrogens with zero attached hydrogens (tertiary/aromatic N) is 3. The maximum absolute atomic E-state index is 12.6. The highest BCUT2D eigenvalue weighted by Gasteiger charge is 2.21. The van der Waals surface area contributed by atoms with Crippen LogP contribution in [0.15, 0.2) is 59.4 Å². The Morgan fingerprint density at radius 1 is 0.923 bits per heavy atom. The minimum Gasteiger partial charge on any atom is -0.368 e. The van der Waals surface area contributed by atoms with Gasteiger partial charge in [0, 0.05) is 44.8 Å². The van der Waals surface area contributed by atoms with Gasteiger partial charge in [-0.1, -0.05) is 41.7 Å². The van der Waals surface area contributed by atoms with Crippen LogP contribution in [-0.2, 0) is 11.3 Å². The summed E-state index contributed by atoms with van der Waals surface area (Å²) in [6.07, 6.45) is 0.367. The summed E-state index contributed by atoms with van der Waals surface area (Å²) >= 11 is 1.24. The van der Waals surface area contributed by atoms with Crippen molar-refractivity contribution in [3.05, 3.63) is 64.3 Å². The summed E-state index contributed by atoms with van der Waals surface area (Å²) in [6.45, 7) is 3.59. The van der Waals surface area contributed by atoms with Crippen molar-refractivity contribution in [1.82, 2.24) is 9.47 Å². The molecular weight excluding hydrogens is 346 g/mol. The number of benzene rings is 2. The molecular formula is C20H21N3O2S. The van der Waals surface area contributed by atoms with E-state index in [1.54, 1.807) is 4.57 Å².